The fraction of sp³-hybridized carbons (Fsp3) is 0.286. The molecular formula is C14H21N. The van der Waals surface area contributed by atoms with Crippen molar-refractivity contribution >= 4 is 11.8 Å². The normalized spacial score (nSPS) is 8.80. The van der Waals surface area contributed by atoms with Gasteiger partial charge in [0.25, 0.3) is 0 Å². The van der Waals surface area contributed by atoms with E-state index >= 15 is 0 Å². The molecule has 0 heterocycles. The standard InChI is InChI=1S/C10H11N.C4H10/c1-3-9-7-5-6-8-10(9)11-4-2;1-4(2)3/h3-8,11H,1-2H2;4H,1-3H3. The summed E-state index contributed by atoms with van der Waals surface area (Å²) >= 11 is 0. The van der Waals surface area contributed by atoms with Crippen molar-refractivity contribution in [3.8, 4) is 0 Å². The number of hydrogen-bond acceptors (Lipinski definition) is 1. The van der Waals surface area contributed by atoms with E-state index in [1.165, 1.54) is 0 Å². The van der Waals surface area contributed by atoms with Gasteiger partial charge in [0.2, 0.25) is 0 Å². The van der Waals surface area contributed by atoms with Crippen LogP contribution in [0.3, 0.4) is 0 Å². The Morgan fingerprint density at radius 2 is 1.67 bits per heavy atom. The minimum Gasteiger partial charge on any atom is -0.362 e. The van der Waals surface area contributed by atoms with E-state index in [1.54, 1.807) is 6.20 Å². The number of anilines is 1. The molecule has 0 aliphatic rings. The van der Waals surface area contributed by atoms with Crippen molar-refractivity contribution in [2.75, 3.05) is 5.32 Å². The summed E-state index contributed by atoms with van der Waals surface area (Å²) in [5.41, 5.74) is 2.13. The van der Waals surface area contributed by atoms with Crippen LogP contribution in [0.5, 0.6) is 0 Å². The van der Waals surface area contributed by atoms with Crippen LogP contribution >= 0.6 is 0 Å². The van der Waals surface area contributed by atoms with Crippen LogP contribution in [-0.4, -0.2) is 0 Å². The Balaban J connectivity index is 0.000000423. The molecule has 0 amide bonds. The molecule has 0 bridgehead atoms. The smallest absolute Gasteiger partial charge is 0.0452 e. The van der Waals surface area contributed by atoms with Gasteiger partial charge in [0.15, 0.2) is 0 Å². The number of benzene rings is 1. The topological polar surface area (TPSA) is 12.0 Å². The SMILES string of the molecule is C=CNc1ccccc1C=C.CC(C)C. The van der Waals surface area contributed by atoms with Crippen molar-refractivity contribution in [1.82, 2.24) is 0 Å². The third kappa shape index (κ3) is 6.55. The van der Waals surface area contributed by atoms with Gasteiger partial charge in [-0.3, -0.25) is 0 Å². The molecule has 0 aliphatic heterocycles. The molecule has 1 nitrogen and oxygen atoms in total. The van der Waals surface area contributed by atoms with Crippen molar-refractivity contribution in [1.29, 1.82) is 0 Å². The number of para-hydroxylation sites is 1. The molecule has 1 rings (SSSR count). The van der Waals surface area contributed by atoms with Gasteiger partial charge < -0.3 is 5.32 Å². The summed E-state index contributed by atoms with van der Waals surface area (Å²) in [5.74, 6) is 0.833. The molecule has 82 valence electrons. The third-order valence-electron chi connectivity index (χ3n) is 1.44. The zero-order valence-electron chi connectivity index (χ0n) is 9.96. The summed E-state index contributed by atoms with van der Waals surface area (Å²) in [7, 11) is 0. The van der Waals surface area contributed by atoms with E-state index in [4.69, 9.17) is 0 Å². The highest BCUT2D eigenvalue weighted by atomic mass is 14.8. The largest absolute Gasteiger partial charge is 0.362 e. The van der Waals surface area contributed by atoms with E-state index in [1.807, 2.05) is 30.3 Å². The average molecular weight is 203 g/mol. The number of nitrogens with one attached hydrogen (secondary N) is 1. The molecular weight excluding hydrogens is 182 g/mol. The van der Waals surface area contributed by atoms with Gasteiger partial charge in [-0.25, -0.2) is 0 Å². The molecule has 0 fully saturated rings. The number of hydrogen-bond donors (Lipinski definition) is 1. The molecule has 0 unspecified atom stereocenters. The minimum atomic E-state index is 0.833. The Bertz CT molecular complexity index is 297. The van der Waals surface area contributed by atoms with E-state index in [0.717, 1.165) is 17.2 Å². The second-order valence-corrected chi connectivity index (χ2v) is 3.87. The van der Waals surface area contributed by atoms with Crippen molar-refractivity contribution in [3.05, 3.63) is 49.2 Å². The second kappa shape index (κ2) is 7.86. The molecule has 1 aromatic carbocycles. The summed E-state index contributed by atoms with van der Waals surface area (Å²) in [5, 5.41) is 3.02. The predicted molar refractivity (Wildman–Crippen MR) is 70.9 cm³/mol. The van der Waals surface area contributed by atoms with Gasteiger partial charge in [-0.2, -0.15) is 0 Å². The zero-order valence-corrected chi connectivity index (χ0v) is 9.96. The molecule has 0 aromatic heterocycles. The number of rotatable bonds is 3. The van der Waals surface area contributed by atoms with Crippen molar-refractivity contribution < 1.29 is 0 Å². The van der Waals surface area contributed by atoms with E-state index in [-0.39, 0.29) is 0 Å². The lowest BCUT2D eigenvalue weighted by Gasteiger charge is -2.03. The van der Waals surface area contributed by atoms with Crippen LogP contribution in [0.25, 0.3) is 6.08 Å². The molecule has 0 aliphatic carbocycles. The van der Waals surface area contributed by atoms with Crippen molar-refractivity contribution in [2.45, 2.75) is 20.8 Å². The van der Waals surface area contributed by atoms with Crippen LogP contribution in [-0.2, 0) is 0 Å². The molecule has 1 heteroatoms. The lowest BCUT2D eigenvalue weighted by Crippen LogP contribution is -1.88. The summed E-state index contributed by atoms with van der Waals surface area (Å²) in [4.78, 5) is 0. The van der Waals surface area contributed by atoms with Gasteiger partial charge >= 0.3 is 0 Å². The molecule has 15 heavy (non-hydrogen) atoms. The highest BCUT2D eigenvalue weighted by Crippen LogP contribution is 2.15. The van der Waals surface area contributed by atoms with Crippen LogP contribution < -0.4 is 5.32 Å². The van der Waals surface area contributed by atoms with Gasteiger partial charge in [-0.1, -0.05) is 58.2 Å². The molecule has 0 saturated heterocycles. The van der Waals surface area contributed by atoms with Crippen LogP contribution in [0.15, 0.2) is 43.6 Å². The summed E-state index contributed by atoms with van der Waals surface area (Å²) < 4.78 is 0. The highest BCUT2D eigenvalue weighted by molar-refractivity contribution is 5.66. The van der Waals surface area contributed by atoms with Gasteiger partial charge in [-0.15, -0.1) is 0 Å². The zero-order chi connectivity index (χ0) is 11.7. The van der Waals surface area contributed by atoms with Crippen molar-refractivity contribution in [2.24, 2.45) is 5.92 Å². The van der Waals surface area contributed by atoms with Gasteiger partial charge in [0, 0.05) is 5.69 Å². The Morgan fingerprint density at radius 3 is 2.13 bits per heavy atom. The van der Waals surface area contributed by atoms with Gasteiger partial charge in [0.1, 0.15) is 0 Å². The van der Waals surface area contributed by atoms with E-state index < -0.39 is 0 Å². The maximum atomic E-state index is 3.70. The molecule has 1 aromatic rings. The molecule has 0 radical (unpaired) electrons. The summed E-state index contributed by atoms with van der Waals surface area (Å²) in [6, 6.07) is 7.93. The highest BCUT2D eigenvalue weighted by Gasteiger charge is 1.92. The van der Waals surface area contributed by atoms with Gasteiger partial charge in [0.05, 0.1) is 0 Å². The first-order valence-electron chi connectivity index (χ1n) is 5.20. The maximum absolute atomic E-state index is 3.70. The lowest BCUT2D eigenvalue weighted by molar-refractivity contribution is 0.737. The first-order valence-corrected chi connectivity index (χ1v) is 5.20. The average Bonchev–Trinajstić information content (AvgIpc) is 2.18. The van der Waals surface area contributed by atoms with E-state index in [9.17, 15) is 0 Å². The minimum absolute atomic E-state index is 0.833. The van der Waals surface area contributed by atoms with Gasteiger partial charge in [-0.05, 0) is 23.7 Å². The summed E-state index contributed by atoms with van der Waals surface area (Å²) in [6.45, 7) is 13.8. The Morgan fingerprint density at radius 1 is 1.13 bits per heavy atom. The second-order valence-electron chi connectivity index (χ2n) is 3.87. The molecule has 0 saturated carbocycles. The van der Waals surface area contributed by atoms with Crippen LogP contribution in [0.2, 0.25) is 0 Å². The van der Waals surface area contributed by atoms with Crippen LogP contribution in [0.4, 0.5) is 5.69 Å². The Labute approximate surface area is 93.5 Å². The fourth-order valence-corrected chi connectivity index (χ4v) is 0.916. The Kier molecular flexibility index (Phi) is 7.08. The van der Waals surface area contributed by atoms with Crippen LogP contribution in [0.1, 0.15) is 26.3 Å². The van der Waals surface area contributed by atoms with E-state index in [0.29, 0.717) is 0 Å². The summed E-state index contributed by atoms with van der Waals surface area (Å²) in [6.07, 6.45) is 3.47. The lowest BCUT2D eigenvalue weighted by atomic mass is 10.2. The molecule has 0 spiro atoms. The molecule has 1 N–H and O–H groups in total. The Hall–Kier alpha value is -1.50. The fourth-order valence-electron chi connectivity index (χ4n) is 0.916. The molecule has 0 atom stereocenters. The van der Waals surface area contributed by atoms with Crippen molar-refractivity contribution in [3.63, 3.8) is 0 Å². The first kappa shape index (κ1) is 13.5. The quantitative estimate of drug-likeness (QED) is 0.760. The van der Waals surface area contributed by atoms with Crippen LogP contribution in [0, 0.1) is 5.92 Å². The predicted octanol–water partition coefficient (Wildman–Crippen LogP) is 4.55. The third-order valence-corrected chi connectivity index (χ3v) is 1.44. The maximum Gasteiger partial charge on any atom is 0.0452 e. The first-order chi connectivity index (χ1) is 7.11. The monoisotopic (exact) mass is 203 g/mol. The van der Waals surface area contributed by atoms with E-state index in [2.05, 4.69) is 39.2 Å².